The van der Waals surface area contributed by atoms with Gasteiger partial charge in [-0.2, -0.15) is 5.10 Å². The van der Waals surface area contributed by atoms with Gasteiger partial charge < -0.3 is 5.73 Å². The Morgan fingerprint density at radius 2 is 1.62 bits per heavy atom. The van der Waals surface area contributed by atoms with E-state index in [9.17, 15) is 13.2 Å². The standard InChI is InChI=1S/C19H21N5O3S2/c1-11(2)24-15(25)10-9-14(23-24)16-17(21-19(20)22-18(16)29(4)27)12-5-7-13(8-6-12)28(3)26/h5-11H,1-4H3,(H2,20,21,22). The predicted molar refractivity (Wildman–Crippen MR) is 114 cm³/mol. The number of benzene rings is 1. The number of hydrogen-bond acceptors (Lipinski definition) is 7. The molecule has 0 radical (unpaired) electrons. The first-order valence-electron chi connectivity index (χ1n) is 8.74. The molecule has 29 heavy (non-hydrogen) atoms. The molecule has 3 rings (SSSR count). The van der Waals surface area contributed by atoms with Crippen LogP contribution in [0.1, 0.15) is 19.9 Å². The molecule has 2 heterocycles. The molecule has 0 bridgehead atoms. The Balaban J connectivity index is 2.33. The van der Waals surface area contributed by atoms with Crippen molar-refractivity contribution in [3.8, 4) is 22.5 Å². The maximum absolute atomic E-state index is 12.4. The number of rotatable bonds is 5. The van der Waals surface area contributed by atoms with Gasteiger partial charge in [0.15, 0.2) is 0 Å². The minimum atomic E-state index is -1.48. The highest BCUT2D eigenvalue weighted by Crippen LogP contribution is 2.34. The topological polar surface area (TPSA) is 121 Å². The zero-order valence-electron chi connectivity index (χ0n) is 16.4. The second kappa shape index (κ2) is 8.34. The summed E-state index contributed by atoms with van der Waals surface area (Å²) >= 11 is 0. The van der Waals surface area contributed by atoms with Gasteiger partial charge in [-0.25, -0.2) is 14.6 Å². The molecule has 0 aliphatic carbocycles. The van der Waals surface area contributed by atoms with Gasteiger partial charge in [-0.05, 0) is 32.0 Å². The number of anilines is 1. The van der Waals surface area contributed by atoms with Crippen LogP contribution in [0.4, 0.5) is 5.95 Å². The lowest BCUT2D eigenvalue weighted by Gasteiger charge is -2.15. The van der Waals surface area contributed by atoms with E-state index in [1.54, 1.807) is 36.6 Å². The highest BCUT2D eigenvalue weighted by Gasteiger charge is 2.21. The molecule has 0 aliphatic heterocycles. The van der Waals surface area contributed by atoms with E-state index in [4.69, 9.17) is 5.73 Å². The van der Waals surface area contributed by atoms with Gasteiger partial charge in [0.25, 0.3) is 5.56 Å². The summed E-state index contributed by atoms with van der Waals surface area (Å²) in [7, 11) is -2.60. The Kier molecular flexibility index (Phi) is 6.04. The van der Waals surface area contributed by atoms with Crippen LogP contribution in [0.25, 0.3) is 22.5 Å². The summed E-state index contributed by atoms with van der Waals surface area (Å²) in [5.41, 5.74) is 7.63. The fourth-order valence-electron chi connectivity index (χ4n) is 2.84. The van der Waals surface area contributed by atoms with Crippen LogP contribution in [0.5, 0.6) is 0 Å². The zero-order valence-corrected chi connectivity index (χ0v) is 18.1. The lowest BCUT2D eigenvalue weighted by molar-refractivity contribution is 0.504. The van der Waals surface area contributed by atoms with Crippen LogP contribution >= 0.6 is 0 Å². The molecule has 0 fully saturated rings. The van der Waals surface area contributed by atoms with Gasteiger partial charge in [0.1, 0.15) is 5.03 Å². The minimum absolute atomic E-state index is 0.0192. The molecule has 0 spiro atoms. The van der Waals surface area contributed by atoms with Crippen LogP contribution < -0.4 is 11.3 Å². The van der Waals surface area contributed by atoms with Crippen molar-refractivity contribution >= 4 is 27.5 Å². The highest BCUT2D eigenvalue weighted by molar-refractivity contribution is 7.84. The maximum Gasteiger partial charge on any atom is 0.267 e. The van der Waals surface area contributed by atoms with Crippen LogP contribution in [0, 0.1) is 0 Å². The van der Waals surface area contributed by atoms with Crippen molar-refractivity contribution in [2.45, 2.75) is 29.8 Å². The molecule has 1 aromatic carbocycles. The van der Waals surface area contributed by atoms with E-state index in [2.05, 4.69) is 15.1 Å². The van der Waals surface area contributed by atoms with Crippen LogP contribution in [-0.4, -0.2) is 40.7 Å². The average Bonchev–Trinajstić information content (AvgIpc) is 2.67. The van der Waals surface area contributed by atoms with Crippen molar-refractivity contribution in [2.24, 2.45) is 0 Å². The molecule has 0 saturated heterocycles. The maximum atomic E-state index is 12.4. The number of nitrogen functional groups attached to an aromatic ring is 1. The Bertz CT molecular complexity index is 1170. The van der Waals surface area contributed by atoms with Crippen molar-refractivity contribution < 1.29 is 8.42 Å². The second-order valence-electron chi connectivity index (χ2n) is 6.64. The van der Waals surface area contributed by atoms with Crippen molar-refractivity contribution in [1.29, 1.82) is 0 Å². The summed E-state index contributed by atoms with van der Waals surface area (Å²) in [4.78, 5) is 21.3. The Labute approximate surface area is 173 Å². The third kappa shape index (κ3) is 4.33. The lowest BCUT2D eigenvalue weighted by Crippen LogP contribution is -2.24. The first kappa shape index (κ1) is 21.0. The molecule has 3 aromatic rings. The van der Waals surface area contributed by atoms with Gasteiger partial charge in [0, 0.05) is 39.8 Å². The number of aromatic nitrogens is 4. The number of hydrogen-bond donors (Lipinski definition) is 1. The summed E-state index contributed by atoms with van der Waals surface area (Å²) in [6, 6.07) is 9.82. The molecule has 2 N–H and O–H groups in total. The highest BCUT2D eigenvalue weighted by atomic mass is 32.2. The second-order valence-corrected chi connectivity index (χ2v) is 9.31. The van der Waals surface area contributed by atoms with E-state index in [-0.39, 0.29) is 22.6 Å². The molecular weight excluding hydrogens is 410 g/mol. The third-order valence-corrected chi connectivity index (χ3v) is 5.97. The monoisotopic (exact) mass is 431 g/mol. The predicted octanol–water partition coefficient (Wildman–Crippen LogP) is 2.01. The molecule has 2 unspecified atom stereocenters. The lowest BCUT2D eigenvalue weighted by atomic mass is 10.0. The zero-order chi connectivity index (χ0) is 21.3. The van der Waals surface area contributed by atoms with Gasteiger partial charge in [-0.15, -0.1) is 0 Å². The normalized spacial score (nSPS) is 13.4. The fraction of sp³-hybridized carbons (Fsp3) is 0.263. The molecular formula is C19H21N5O3S2. The molecule has 2 aromatic heterocycles. The van der Waals surface area contributed by atoms with Crippen molar-refractivity contribution in [3.05, 3.63) is 46.8 Å². The van der Waals surface area contributed by atoms with Crippen molar-refractivity contribution in [2.75, 3.05) is 18.2 Å². The summed E-state index contributed by atoms with van der Waals surface area (Å²) in [6.45, 7) is 3.70. The fourth-order valence-corrected chi connectivity index (χ4v) is 4.07. The van der Waals surface area contributed by atoms with Gasteiger partial charge in [0.2, 0.25) is 5.95 Å². The molecule has 0 saturated carbocycles. The number of nitrogens with two attached hydrogens (primary N) is 1. The van der Waals surface area contributed by atoms with Gasteiger partial charge >= 0.3 is 0 Å². The van der Waals surface area contributed by atoms with E-state index in [0.29, 0.717) is 27.4 Å². The quantitative estimate of drug-likeness (QED) is 0.613. The largest absolute Gasteiger partial charge is 0.368 e. The summed E-state index contributed by atoms with van der Waals surface area (Å²) in [5, 5.41) is 4.68. The Hall–Kier alpha value is -2.72. The van der Waals surface area contributed by atoms with Crippen LogP contribution in [0.2, 0.25) is 0 Å². The smallest absolute Gasteiger partial charge is 0.267 e. The minimum Gasteiger partial charge on any atom is -0.368 e. The van der Waals surface area contributed by atoms with Gasteiger partial charge in [0.05, 0.1) is 33.8 Å². The Morgan fingerprint density at radius 1 is 0.966 bits per heavy atom. The first-order valence-corrected chi connectivity index (χ1v) is 11.9. The van der Waals surface area contributed by atoms with Gasteiger partial charge in [-0.1, -0.05) is 12.1 Å². The average molecular weight is 432 g/mol. The van der Waals surface area contributed by atoms with E-state index >= 15 is 0 Å². The van der Waals surface area contributed by atoms with Crippen molar-refractivity contribution in [1.82, 2.24) is 19.7 Å². The van der Waals surface area contributed by atoms with Crippen molar-refractivity contribution in [3.63, 3.8) is 0 Å². The summed E-state index contributed by atoms with van der Waals surface area (Å²) < 4.78 is 25.5. The van der Waals surface area contributed by atoms with Crippen LogP contribution in [0.15, 0.2) is 51.1 Å². The van der Waals surface area contributed by atoms with E-state index in [0.717, 1.165) is 0 Å². The van der Waals surface area contributed by atoms with E-state index in [1.807, 2.05) is 13.8 Å². The SMILES string of the molecule is CC(C)n1nc(-c2c(-c3ccc(S(C)=O)cc3)nc(N)nc2S(C)=O)ccc1=O. The molecule has 152 valence electrons. The van der Waals surface area contributed by atoms with Gasteiger partial charge in [-0.3, -0.25) is 13.2 Å². The molecule has 10 heteroatoms. The summed E-state index contributed by atoms with van der Waals surface area (Å²) in [6.07, 6.45) is 3.09. The first-order chi connectivity index (χ1) is 13.7. The molecule has 0 aliphatic rings. The van der Waals surface area contributed by atoms with E-state index < -0.39 is 21.6 Å². The molecule has 2 atom stereocenters. The number of nitrogens with zero attached hydrogens (tertiary/aromatic N) is 4. The Morgan fingerprint density at radius 3 is 2.17 bits per heavy atom. The summed E-state index contributed by atoms with van der Waals surface area (Å²) in [5.74, 6) is -0.0192. The molecule has 8 nitrogen and oxygen atoms in total. The van der Waals surface area contributed by atoms with E-state index in [1.165, 1.54) is 17.0 Å². The third-order valence-electron chi connectivity index (χ3n) is 4.20. The molecule has 0 amide bonds. The van der Waals surface area contributed by atoms with Crippen LogP contribution in [0.3, 0.4) is 0 Å². The van der Waals surface area contributed by atoms with Crippen LogP contribution in [-0.2, 0) is 21.6 Å².